The van der Waals surface area contributed by atoms with Crippen LogP contribution in [0.1, 0.15) is 219 Å². The predicted molar refractivity (Wildman–Crippen MR) is 214 cm³/mol. The summed E-state index contributed by atoms with van der Waals surface area (Å²) in [6.07, 6.45) is 35.8. The standard InChI is InChI=1S/C41H85N2O7P/c1-3-5-7-9-11-13-15-16-17-18-19-20-21-22-23-24-26-28-30-32-38(44)36-41(46)43-39(37-50-51(47,48)49-35-34-42)40(45)33-31-29-27-25-14-12-10-8-6-4-2/h38-40,44-45H,3-37,42H2,1-2H3,(H,43,46)(H,47,48). The van der Waals surface area contributed by atoms with Crippen molar-refractivity contribution in [2.45, 2.75) is 238 Å². The van der Waals surface area contributed by atoms with Crippen molar-refractivity contribution in [1.29, 1.82) is 0 Å². The van der Waals surface area contributed by atoms with Gasteiger partial charge in [-0.1, -0.05) is 200 Å². The molecule has 0 aliphatic carbocycles. The number of hydrogen-bond donors (Lipinski definition) is 5. The highest BCUT2D eigenvalue weighted by molar-refractivity contribution is 7.47. The van der Waals surface area contributed by atoms with E-state index < -0.39 is 32.0 Å². The van der Waals surface area contributed by atoms with E-state index in [0.717, 1.165) is 38.5 Å². The quantitative estimate of drug-likeness (QED) is 0.0306. The molecule has 0 bridgehead atoms. The molecule has 0 fully saturated rings. The molecule has 51 heavy (non-hydrogen) atoms. The summed E-state index contributed by atoms with van der Waals surface area (Å²) >= 11 is 0. The lowest BCUT2D eigenvalue weighted by atomic mass is 10.0. The highest BCUT2D eigenvalue weighted by atomic mass is 31.2. The van der Waals surface area contributed by atoms with Crippen LogP contribution in [0.25, 0.3) is 0 Å². The Bertz CT molecular complexity index is 791. The average molecular weight is 749 g/mol. The van der Waals surface area contributed by atoms with Gasteiger partial charge in [0.1, 0.15) is 0 Å². The monoisotopic (exact) mass is 749 g/mol. The van der Waals surface area contributed by atoms with Gasteiger partial charge < -0.3 is 26.2 Å². The van der Waals surface area contributed by atoms with Gasteiger partial charge in [-0.3, -0.25) is 13.8 Å². The summed E-state index contributed by atoms with van der Waals surface area (Å²) in [4.78, 5) is 22.7. The molecule has 306 valence electrons. The maximum Gasteiger partial charge on any atom is 0.472 e. The molecule has 0 aromatic rings. The van der Waals surface area contributed by atoms with Gasteiger partial charge in [-0.2, -0.15) is 0 Å². The Morgan fingerprint density at radius 2 is 0.941 bits per heavy atom. The van der Waals surface area contributed by atoms with E-state index in [1.54, 1.807) is 0 Å². The number of carbonyl (C=O) groups is 1. The van der Waals surface area contributed by atoms with Crippen LogP contribution in [-0.2, 0) is 18.4 Å². The van der Waals surface area contributed by atoms with Crippen LogP contribution in [-0.4, -0.2) is 59.0 Å². The maximum atomic E-state index is 12.8. The number of aliphatic hydroxyl groups excluding tert-OH is 2. The number of hydrogen-bond acceptors (Lipinski definition) is 7. The van der Waals surface area contributed by atoms with E-state index in [1.165, 1.54) is 148 Å². The third-order valence-electron chi connectivity index (χ3n) is 10.0. The Kier molecular flexibility index (Phi) is 37.4. The zero-order valence-electron chi connectivity index (χ0n) is 33.5. The summed E-state index contributed by atoms with van der Waals surface area (Å²) < 4.78 is 22.1. The van der Waals surface area contributed by atoms with Gasteiger partial charge >= 0.3 is 7.82 Å². The van der Waals surface area contributed by atoms with Gasteiger partial charge in [0.2, 0.25) is 5.91 Å². The van der Waals surface area contributed by atoms with Gasteiger partial charge in [-0.25, -0.2) is 4.57 Å². The number of carbonyl (C=O) groups excluding carboxylic acids is 1. The first kappa shape index (κ1) is 50.5. The molecular formula is C41H85N2O7P. The topological polar surface area (TPSA) is 151 Å². The van der Waals surface area contributed by atoms with Crippen LogP contribution in [0.3, 0.4) is 0 Å². The molecule has 0 rings (SSSR count). The molecule has 4 unspecified atom stereocenters. The van der Waals surface area contributed by atoms with Gasteiger partial charge in [0.25, 0.3) is 0 Å². The number of rotatable bonds is 41. The molecule has 0 aromatic heterocycles. The average Bonchev–Trinajstić information content (AvgIpc) is 3.10. The minimum absolute atomic E-state index is 0.0623. The molecule has 6 N–H and O–H groups in total. The number of nitrogens with two attached hydrogens (primary N) is 1. The summed E-state index contributed by atoms with van der Waals surface area (Å²) in [6, 6.07) is -0.889. The first-order chi connectivity index (χ1) is 24.8. The van der Waals surface area contributed by atoms with Crippen molar-refractivity contribution in [3.63, 3.8) is 0 Å². The van der Waals surface area contributed by atoms with Crippen molar-refractivity contribution < 1.29 is 33.5 Å². The Balaban J connectivity index is 4.13. The number of unbranched alkanes of at least 4 members (excludes halogenated alkanes) is 27. The molecule has 1 amide bonds. The SMILES string of the molecule is CCCCCCCCCCCCCCCCCCCCCC(O)CC(=O)NC(COP(=O)(O)OCCN)C(O)CCCCCCCCCCCC. The van der Waals surface area contributed by atoms with Crippen molar-refractivity contribution in [2.75, 3.05) is 19.8 Å². The van der Waals surface area contributed by atoms with E-state index in [4.69, 9.17) is 14.8 Å². The molecule has 0 spiro atoms. The zero-order valence-corrected chi connectivity index (χ0v) is 34.4. The largest absolute Gasteiger partial charge is 0.472 e. The molecular weight excluding hydrogens is 663 g/mol. The van der Waals surface area contributed by atoms with Crippen LogP contribution in [0.15, 0.2) is 0 Å². The molecule has 0 aromatic carbocycles. The second-order valence-electron chi connectivity index (χ2n) is 15.1. The van der Waals surface area contributed by atoms with Crippen LogP contribution >= 0.6 is 7.82 Å². The van der Waals surface area contributed by atoms with Crippen LogP contribution < -0.4 is 11.1 Å². The minimum atomic E-state index is -4.36. The minimum Gasteiger partial charge on any atom is -0.393 e. The molecule has 4 atom stereocenters. The first-order valence-electron chi connectivity index (χ1n) is 21.7. The summed E-state index contributed by atoms with van der Waals surface area (Å²) in [5, 5.41) is 24.1. The third kappa shape index (κ3) is 36.2. The zero-order chi connectivity index (χ0) is 37.7. The molecule has 0 aliphatic rings. The first-order valence-corrected chi connectivity index (χ1v) is 23.2. The Labute approximate surface area is 315 Å². The molecule has 0 heterocycles. The van der Waals surface area contributed by atoms with Crippen molar-refractivity contribution >= 4 is 13.7 Å². The van der Waals surface area contributed by atoms with E-state index in [9.17, 15) is 24.5 Å². The fourth-order valence-corrected chi connectivity index (χ4v) is 7.47. The van der Waals surface area contributed by atoms with Crippen LogP contribution in [0.4, 0.5) is 0 Å². The highest BCUT2D eigenvalue weighted by Gasteiger charge is 2.28. The van der Waals surface area contributed by atoms with E-state index in [1.807, 2.05) is 0 Å². The Morgan fingerprint density at radius 3 is 1.31 bits per heavy atom. The van der Waals surface area contributed by atoms with Crippen molar-refractivity contribution in [3.05, 3.63) is 0 Å². The molecule has 0 saturated carbocycles. The van der Waals surface area contributed by atoms with Crippen molar-refractivity contribution in [3.8, 4) is 0 Å². The van der Waals surface area contributed by atoms with Crippen molar-refractivity contribution in [1.82, 2.24) is 5.32 Å². The van der Waals surface area contributed by atoms with E-state index in [0.29, 0.717) is 12.8 Å². The third-order valence-corrected chi connectivity index (χ3v) is 11.0. The second kappa shape index (κ2) is 37.8. The van der Waals surface area contributed by atoms with E-state index >= 15 is 0 Å². The molecule has 9 nitrogen and oxygen atoms in total. The van der Waals surface area contributed by atoms with Gasteiger partial charge in [-0.05, 0) is 12.8 Å². The van der Waals surface area contributed by atoms with E-state index in [2.05, 4.69) is 19.2 Å². The number of nitrogens with one attached hydrogen (secondary N) is 1. The summed E-state index contributed by atoms with van der Waals surface area (Å²) in [6.45, 7) is 4.04. The maximum absolute atomic E-state index is 12.8. The fraction of sp³-hybridized carbons (Fsp3) is 0.976. The Hall–Kier alpha value is -0.540. The number of phosphoric ester groups is 1. The van der Waals surface area contributed by atoms with E-state index in [-0.39, 0.29) is 26.2 Å². The van der Waals surface area contributed by atoms with Gasteiger partial charge in [0.15, 0.2) is 0 Å². The second-order valence-corrected chi connectivity index (χ2v) is 16.6. The Morgan fingerprint density at radius 1 is 0.588 bits per heavy atom. The van der Waals surface area contributed by atoms with Crippen LogP contribution in [0.2, 0.25) is 0 Å². The predicted octanol–water partition coefficient (Wildman–Crippen LogP) is 10.8. The van der Waals surface area contributed by atoms with Crippen LogP contribution in [0, 0.1) is 0 Å². The number of aliphatic hydroxyl groups is 2. The van der Waals surface area contributed by atoms with Crippen molar-refractivity contribution in [2.24, 2.45) is 5.73 Å². The molecule has 0 radical (unpaired) electrons. The smallest absolute Gasteiger partial charge is 0.393 e. The number of phosphoric acid groups is 1. The normalized spacial score (nSPS) is 14.7. The fourth-order valence-electron chi connectivity index (χ4n) is 6.71. The molecule has 10 heteroatoms. The lowest BCUT2D eigenvalue weighted by Gasteiger charge is -2.25. The highest BCUT2D eigenvalue weighted by Crippen LogP contribution is 2.43. The van der Waals surface area contributed by atoms with Crippen LogP contribution in [0.5, 0.6) is 0 Å². The van der Waals surface area contributed by atoms with Gasteiger partial charge in [0.05, 0.1) is 37.9 Å². The lowest BCUT2D eigenvalue weighted by Crippen LogP contribution is -2.47. The van der Waals surface area contributed by atoms with Gasteiger partial charge in [0, 0.05) is 6.54 Å². The summed E-state index contributed by atoms with van der Waals surface area (Å²) in [5.74, 6) is -0.410. The summed E-state index contributed by atoms with van der Waals surface area (Å²) in [5.41, 5.74) is 5.36. The summed E-state index contributed by atoms with van der Waals surface area (Å²) in [7, 11) is -4.36. The van der Waals surface area contributed by atoms with Gasteiger partial charge in [-0.15, -0.1) is 0 Å². The molecule has 0 saturated heterocycles. The molecule has 0 aliphatic heterocycles. The lowest BCUT2D eigenvalue weighted by molar-refractivity contribution is -0.125. The number of amides is 1.